The second-order valence-electron chi connectivity index (χ2n) is 5.05. The predicted octanol–water partition coefficient (Wildman–Crippen LogP) is 2.87. The molecule has 0 radical (unpaired) electrons. The van der Waals surface area contributed by atoms with Crippen molar-refractivity contribution in [3.05, 3.63) is 40.2 Å². The van der Waals surface area contributed by atoms with E-state index in [-0.39, 0.29) is 6.79 Å². The zero-order chi connectivity index (χ0) is 15.0. The molecule has 1 aromatic carbocycles. The molecule has 2 heterocycles. The monoisotopic (exact) mass is 308 g/mol. The fraction of sp³-hybridized carbons (Fsp3) is 0.400. The molecule has 2 aromatic rings. The lowest BCUT2D eigenvalue weighted by atomic mass is 10.0. The average molecular weight is 309 g/mol. The van der Waals surface area contributed by atoms with Crippen molar-refractivity contribution >= 4 is 11.6 Å². The molecule has 0 aliphatic carbocycles. The second kappa shape index (κ2) is 5.58. The number of nitrogens with zero attached hydrogens (tertiary/aromatic N) is 2. The van der Waals surface area contributed by atoms with E-state index in [9.17, 15) is 5.11 Å². The quantitative estimate of drug-likeness (QED) is 0.943. The van der Waals surface area contributed by atoms with Gasteiger partial charge in [0.1, 0.15) is 0 Å². The van der Waals surface area contributed by atoms with E-state index in [2.05, 4.69) is 5.10 Å². The third-order valence-electron chi connectivity index (χ3n) is 3.52. The molecule has 0 spiro atoms. The Hall–Kier alpha value is -1.72. The van der Waals surface area contributed by atoms with Crippen LogP contribution < -0.4 is 9.47 Å². The third kappa shape index (κ3) is 2.71. The van der Waals surface area contributed by atoms with Gasteiger partial charge in [0.2, 0.25) is 6.79 Å². The molecule has 3 rings (SSSR count). The largest absolute Gasteiger partial charge is 0.454 e. The Morgan fingerprint density at radius 3 is 2.95 bits per heavy atom. The molecular weight excluding hydrogens is 292 g/mol. The summed E-state index contributed by atoms with van der Waals surface area (Å²) >= 11 is 6.15. The third-order valence-corrected chi connectivity index (χ3v) is 3.80. The Labute approximate surface area is 128 Å². The van der Waals surface area contributed by atoms with Crippen molar-refractivity contribution in [1.29, 1.82) is 0 Å². The van der Waals surface area contributed by atoms with Crippen molar-refractivity contribution in [2.45, 2.75) is 32.9 Å². The highest BCUT2D eigenvalue weighted by atomic mass is 35.5. The van der Waals surface area contributed by atoms with E-state index in [1.54, 1.807) is 12.1 Å². The Kier molecular flexibility index (Phi) is 3.78. The number of aromatic nitrogens is 2. The van der Waals surface area contributed by atoms with Gasteiger partial charge in [-0.25, -0.2) is 0 Å². The molecule has 1 aromatic heterocycles. The highest BCUT2D eigenvalue weighted by Crippen LogP contribution is 2.41. The number of aliphatic hydroxyl groups is 1. The first-order valence-corrected chi connectivity index (χ1v) is 7.26. The minimum absolute atomic E-state index is 0.163. The highest BCUT2D eigenvalue weighted by Gasteiger charge is 2.21. The van der Waals surface area contributed by atoms with Crippen LogP contribution in [-0.4, -0.2) is 21.7 Å². The van der Waals surface area contributed by atoms with Crippen LogP contribution in [0.5, 0.6) is 11.5 Å². The van der Waals surface area contributed by atoms with E-state index in [1.807, 2.05) is 24.6 Å². The van der Waals surface area contributed by atoms with Crippen molar-refractivity contribution < 1.29 is 14.6 Å². The van der Waals surface area contributed by atoms with Gasteiger partial charge >= 0.3 is 0 Å². The van der Waals surface area contributed by atoms with Crippen LogP contribution in [0.2, 0.25) is 5.02 Å². The Bertz CT molecular complexity index is 669. The van der Waals surface area contributed by atoms with E-state index in [4.69, 9.17) is 21.1 Å². The van der Waals surface area contributed by atoms with Crippen molar-refractivity contribution in [2.24, 2.45) is 0 Å². The number of fused-ring (bicyclic) bond motifs is 1. The first-order valence-electron chi connectivity index (χ1n) is 6.89. The lowest BCUT2D eigenvalue weighted by molar-refractivity contribution is 0.170. The van der Waals surface area contributed by atoms with Gasteiger partial charge in [0.15, 0.2) is 11.5 Å². The van der Waals surface area contributed by atoms with Gasteiger partial charge in [-0.15, -0.1) is 0 Å². The molecule has 6 heteroatoms. The number of halogens is 1. The smallest absolute Gasteiger partial charge is 0.231 e. The van der Waals surface area contributed by atoms with Crippen LogP contribution in [0.15, 0.2) is 18.2 Å². The number of rotatable bonds is 4. The molecule has 1 unspecified atom stereocenters. The molecule has 1 aliphatic heterocycles. The molecule has 112 valence electrons. The summed E-state index contributed by atoms with van der Waals surface area (Å²) in [7, 11) is 0. The van der Waals surface area contributed by atoms with Gasteiger partial charge in [0.05, 0.1) is 16.8 Å². The van der Waals surface area contributed by atoms with Crippen LogP contribution in [0.4, 0.5) is 0 Å². The maximum atomic E-state index is 10.5. The summed E-state index contributed by atoms with van der Waals surface area (Å²) in [6, 6.07) is 5.49. The van der Waals surface area contributed by atoms with Gasteiger partial charge in [0, 0.05) is 18.7 Å². The number of ether oxygens (including phenoxy) is 2. The van der Waals surface area contributed by atoms with E-state index in [0.717, 1.165) is 17.9 Å². The summed E-state index contributed by atoms with van der Waals surface area (Å²) in [5, 5.41) is 15.3. The summed E-state index contributed by atoms with van der Waals surface area (Å²) in [6.45, 7) is 4.91. The summed E-state index contributed by atoms with van der Waals surface area (Å²) < 4.78 is 12.5. The van der Waals surface area contributed by atoms with E-state index in [1.165, 1.54) is 0 Å². The normalized spacial score (nSPS) is 14.5. The van der Waals surface area contributed by atoms with Gasteiger partial charge in [-0.05, 0) is 37.6 Å². The zero-order valence-corrected chi connectivity index (χ0v) is 12.7. The maximum absolute atomic E-state index is 10.5. The SMILES string of the molecule is CCn1nc(C)cc1CC(O)c1cc(Cl)c2c(c1)OCO2. The first-order chi connectivity index (χ1) is 10.1. The van der Waals surface area contributed by atoms with Crippen LogP contribution in [0, 0.1) is 6.92 Å². The van der Waals surface area contributed by atoms with Crippen LogP contribution in [0.1, 0.15) is 30.0 Å². The van der Waals surface area contributed by atoms with Crippen LogP contribution in [0.25, 0.3) is 0 Å². The molecule has 0 saturated carbocycles. The second-order valence-corrected chi connectivity index (χ2v) is 5.46. The molecule has 1 aliphatic rings. The standard InChI is InChI=1S/C15H17ClN2O3/c1-3-18-11(4-9(2)17-18)7-13(19)10-5-12(16)15-14(6-10)20-8-21-15/h4-6,13,19H,3,7-8H2,1-2H3. The maximum Gasteiger partial charge on any atom is 0.231 e. The van der Waals surface area contributed by atoms with E-state index >= 15 is 0 Å². The van der Waals surface area contributed by atoms with E-state index in [0.29, 0.717) is 28.5 Å². The molecule has 0 amide bonds. The van der Waals surface area contributed by atoms with Gasteiger partial charge < -0.3 is 14.6 Å². The zero-order valence-electron chi connectivity index (χ0n) is 12.0. The van der Waals surface area contributed by atoms with E-state index < -0.39 is 6.10 Å². The molecule has 1 N–H and O–H groups in total. The van der Waals surface area contributed by atoms with Crippen LogP contribution >= 0.6 is 11.6 Å². The topological polar surface area (TPSA) is 56.5 Å². The molecule has 21 heavy (non-hydrogen) atoms. The average Bonchev–Trinajstić information content (AvgIpc) is 3.05. The molecule has 5 nitrogen and oxygen atoms in total. The summed E-state index contributed by atoms with van der Waals surface area (Å²) in [5.41, 5.74) is 2.66. The highest BCUT2D eigenvalue weighted by molar-refractivity contribution is 6.32. The molecule has 0 fully saturated rings. The summed E-state index contributed by atoms with van der Waals surface area (Å²) in [5.74, 6) is 1.12. The number of aryl methyl sites for hydroxylation is 2. The first kappa shape index (κ1) is 14.2. The fourth-order valence-electron chi connectivity index (χ4n) is 2.53. The van der Waals surface area contributed by atoms with Gasteiger partial charge in [-0.1, -0.05) is 11.6 Å². The summed E-state index contributed by atoms with van der Waals surface area (Å²) in [6.07, 6.45) is -0.191. The Balaban J connectivity index is 1.85. The van der Waals surface area contributed by atoms with Gasteiger partial charge in [-0.2, -0.15) is 5.10 Å². The van der Waals surface area contributed by atoms with Crippen molar-refractivity contribution in [2.75, 3.05) is 6.79 Å². The Morgan fingerprint density at radius 2 is 2.19 bits per heavy atom. The van der Waals surface area contributed by atoms with Crippen molar-refractivity contribution in [3.63, 3.8) is 0 Å². The molecule has 0 saturated heterocycles. The van der Waals surface area contributed by atoms with Gasteiger partial charge in [0.25, 0.3) is 0 Å². The van der Waals surface area contributed by atoms with Gasteiger partial charge in [-0.3, -0.25) is 4.68 Å². The molecule has 1 atom stereocenters. The lowest BCUT2D eigenvalue weighted by Gasteiger charge is -2.13. The molecular formula is C15H17ClN2O3. The number of hydrogen-bond acceptors (Lipinski definition) is 4. The van der Waals surface area contributed by atoms with Crippen LogP contribution in [0.3, 0.4) is 0 Å². The summed E-state index contributed by atoms with van der Waals surface area (Å²) in [4.78, 5) is 0. The van der Waals surface area contributed by atoms with Crippen molar-refractivity contribution in [1.82, 2.24) is 9.78 Å². The fourth-order valence-corrected chi connectivity index (χ4v) is 2.81. The molecule has 0 bridgehead atoms. The Morgan fingerprint density at radius 1 is 1.38 bits per heavy atom. The number of benzene rings is 1. The van der Waals surface area contributed by atoms with Crippen molar-refractivity contribution in [3.8, 4) is 11.5 Å². The van der Waals surface area contributed by atoms with Crippen LogP contribution in [-0.2, 0) is 13.0 Å². The number of aliphatic hydroxyl groups excluding tert-OH is 1. The minimum Gasteiger partial charge on any atom is -0.454 e. The lowest BCUT2D eigenvalue weighted by Crippen LogP contribution is -2.08. The minimum atomic E-state index is -0.668. The predicted molar refractivity (Wildman–Crippen MR) is 78.9 cm³/mol. The number of hydrogen-bond donors (Lipinski definition) is 1.